The molecule has 9 heteroatoms. The van der Waals surface area contributed by atoms with E-state index in [1.807, 2.05) is 0 Å². The molecular weight excluding hydrogens is 303 g/mol. The Labute approximate surface area is 124 Å². The van der Waals surface area contributed by atoms with Crippen molar-refractivity contribution < 1.29 is 27.1 Å². The van der Waals surface area contributed by atoms with Crippen LogP contribution in [0.4, 0.5) is 13.2 Å². The van der Waals surface area contributed by atoms with Crippen LogP contribution >= 0.6 is 0 Å². The molecule has 0 aromatic carbocycles. The zero-order chi connectivity index (χ0) is 15.5. The molecule has 0 radical (unpaired) electrons. The van der Waals surface area contributed by atoms with Gasteiger partial charge in [0, 0.05) is 12.0 Å². The summed E-state index contributed by atoms with van der Waals surface area (Å²) in [7, 11) is 0. The van der Waals surface area contributed by atoms with Crippen molar-refractivity contribution in [3.8, 4) is 0 Å². The summed E-state index contributed by atoms with van der Waals surface area (Å²) < 4.78 is 51.5. The summed E-state index contributed by atoms with van der Waals surface area (Å²) >= 11 is 0. The van der Waals surface area contributed by atoms with Gasteiger partial charge in [-0.05, 0) is 31.1 Å². The molecular formula is C13H16F3N3O3. The predicted octanol–water partition coefficient (Wildman–Crippen LogP) is 1.89. The van der Waals surface area contributed by atoms with Gasteiger partial charge in [-0.15, -0.1) is 23.4 Å². The van der Waals surface area contributed by atoms with Crippen molar-refractivity contribution in [2.75, 3.05) is 6.61 Å². The summed E-state index contributed by atoms with van der Waals surface area (Å²) in [5, 5.41) is 7.95. The van der Waals surface area contributed by atoms with E-state index in [-0.39, 0.29) is 30.9 Å². The fourth-order valence-electron chi connectivity index (χ4n) is 3.37. The van der Waals surface area contributed by atoms with E-state index in [2.05, 4.69) is 14.9 Å². The van der Waals surface area contributed by atoms with E-state index in [1.165, 1.54) is 0 Å². The summed E-state index contributed by atoms with van der Waals surface area (Å²) in [5.41, 5.74) is 5.91. The Bertz CT molecular complexity index is 558. The first-order chi connectivity index (χ1) is 10.4. The Morgan fingerprint density at radius 1 is 1.09 bits per heavy atom. The second kappa shape index (κ2) is 4.90. The molecule has 2 heterocycles. The number of alkyl halides is 3. The van der Waals surface area contributed by atoms with Gasteiger partial charge in [0.05, 0.1) is 12.7 Å². The lowest BCUT2D eigenvalue weighted by atomic mass is 9.82. The van der Waals surface area contributed by atoms with E-state index in [4.69, 9.17) is 14.9 Å². The number of rotatable bonds is 3. The highest BCUT2D eigenvalue weighted by Gasteiger charge is 2.53. The van der Waals surface area contributed by atoms with Crippen LogP contribution in [0.25, 0.3) is 0 Å². The maximum atomic E-state index is 12.1. The van der Waals surface area contributed by atoms with Crippen LogP contribution in [-0.2, 0) is 9.47 Å². The number of hydrogen-bond acceptors (Lipinski definition) is 6. The van der Waals surface area contributed by atoms with Gasteiger partial charge in [0.2, 0.25) is 11.8 Å². The lowest BCUT2D eigenvalue weighted by Crippen LogP contribution is -2.35. The van der Waals surface area contributed by atoms with E-state index in [9.17, 15) is 13.2 Å². The van der Waals surface area contributed by atoms with Crippen molar-refractivity contribution in [3.05, 3.63) is 11.8 Å². The third-order valence-electron chi connectivity index (χ3n) is 4.74. The second-order valence-electron chi connectivity index (χ2n) is 6.31. The fraction of sp³-hybridized carbons (Fsp3) is 0.846. The first kappa shape index (κ1) is 14.4. The highest BCUT2D eigenvalue weighted by atomic mass is 19.4. The lowest BCUT2D eigenvalue weighted by molar-refractivity contribution is -0.352. The van der Waals surface area contributed by atoms with E-state index >= 15 is 0 Å². The number of ether oxygens (including phenoxy) is 2. The average molecular weight is 319 g/mol. The van der Waals surface area contributed by atoms with Crippen LogP contribution in [0.5, 0.6) is 0 Å². The normalized spacial score (nSPS) is 40.9. The molecule has 2 saturated carbocycles. The lowest BCUT2D eigenvalue weighted by Gasteiger charge is -2.32. The van der Waals surface area contributed by atoms with Gasteiger partial charge in [-0.3, -0.25) is 4.74 Å². The van der Waals surface area contributed by atoms with Crippen LogP contribution in [-0.4, -0.2) is 35.3 Å². The van der Waals surface area contributed by atoms with Gasteiger partial charge >= 0.3 is 6.36 Å². The van der Waals surface area contributed by atoms with Crippen molar-refractivity contribution in [2.45, 2.75) is 49.8 Å². The van der Waals surface area contributed by atoms with Gasteiger partial charge in [-0.2, -0.15) is 0 Å². The molecule has 2 N–H and O–H groups in total. The zero-order valence-corrected chi connectivity index (χ0v) is 11.6. The molecule has 2 aliphatic carbocycles. The molecule has 6 nitrogen and oxygen atoms in total. The Balaban J connectivity index is 1.35. The molecule has 0 bridgehead atoms. The van der Waals surface area contributed by atoms with Gasteiger partial charge in [-0.1, -0.05) is 0 Å². The van der Waals surface area contributed by atoms with Crippen LogP contribution in [0.2, 0.25) is 0 Å². The second-order valence-corrected chi connectivity index (χ2v) is 6.31. The van der Waals surface area contributed by atoms with Crippen molar-refractivity contribution in [2.24, 2.45) is 17.6 Å². The third-order valence-corrected chi connectivity index (χ3v) is 4.74. The number of aromatic nitrogens is 2. The molecule has 1 aromatic rings. The minimum absolute atomic E-state index is 0.0653. The monoisotopic (exact) mass is 319 g/mol. The Morgan fingerprint density at radius 2 is 1.82 bits per heavy atom. The summed E-state index contributed by atoms with van der Waals surface area (Å²) in [4.78, 5) is 0. The van der Waals surface area contributed by atoms with Crippen LogP contribution < -0.4 is 5.73 Å². The van der Waals surface area contributed by atoms with Crippen molar-refractivity contribution in [1.82, 2.24) is 10.2 Å². The van der Waals surface area contributed by atoms with E-state index < -0.39 is 12.5 Å². The molecule has 0 spiro atoms. The molecule has 3 aliphatic rings. The highest BCUT2D eigenvalue weighted by molar-refractivity contribution is 5.08. The molecule has 22 heavy (non-hydrogen) atoms. The number of nitrogens with zero attached hydrogens (tertiary/aromatic N) is 2. The highest BCUT2D eigenvalue weighted by Crippen LogP contribution is 2.53. The van der Waals surface area contributed by atoms with Crippen molar-refractivity contribution in [3.63, 3.8) is 0 Å². The van der Waals surface area contributed by atoms with Gasteiger partial charge in [0.1, 0.15) is 6.10 Å². The van der Waals surface area contributed by atoms with Crippen LogP contribution in [0.3, 0.4) is 0 Å². The van der Waals surface area contributed by atoms with Crippen molar-refractivity contribution in [1.29, 1.82) is 0 Å². The maximum absolute atomic E-state index is 12.1. The first-order valence-corrected chi connectivity index (χ1v) is 7.36. The van der Waals surface area contributed by atoms with Crippen LogP contribution in [0.15, 0.2) is 4.42 Å². The van der Waals surface area contributed by atoms with E-state index in [0.717, 1.165) is 6.42 Å². The van der Waals surface area contributed by atoms with Crippen LogP contribution in [0.1, 0.15) is 43.1 Å². The standard InChI is InChI=1S/C13H16F3N3O3/c14-13(15,16)22-6-1-5(2-6)11-18-19-12(21-11)10-8-3-7(8)9(17)4-20-10/h5-10H,1-4,17H2/t5?,6?,7?,8?,9-,10-/m0/s1. The fourth-order valence-corrected chi connectivity index (χ4v) is 3.37. The molecule has 1 aliphatic heterocycles. The number of fused-ring (bicyclic) bond motifs is 1. The molecule has 2 unspecified atom stereocenters. The Morgan fingerprint density at radius 3 is 2.55 bits per heavy atom. The smallest absolute Gasteiger partial charge is 0.422 e. The largest absolute Gasteiger partial charge is 0.522 e. The predicted molar refractivity (Wildman–Crippen MR) is 65.5 cm³/mol. The molecule has 122 valence electrons. The summed E-state index contributed by atoms with van der Waals surface area (Å²) in [5.74, 6) is 1.37. The minimum Gasteiger partial charge on any atom is -0.422 e. The summed E-state index contributed by atoms with van der Waals surface area (Å²) in [6.45, 7) is 0.467. The Kier molecular flexibility index (Phi) is 3.21. The van der Waals surface area contributed by atoms with Crippen molar-refractivity contribution >= 4 is 0 Å². The molecule has 3 fully saturated rings. The first-order valence-electron chi connectivity index (χ1n) is 7.36. The van der Waals surface area contributed by atoms with Gasteiger partial charge in [0.15, 0.2) is 0 Å². The minimum atomic E-state index is -4.59. The summed E-state index contributed by atoms with van der Waals surface area (Å²) in [6, 6.07) is 0.0653. The number of hydrogen-bond donors (Lipinski definition) is 1. The summed E-state index contributed by atoms with van der Waals surface area (Å²) in [6.07, 6.45) is -4.17. The molecule has 1 saturated heterocycles. The van der Waals surface area contributed by atoms with Gasteiger partial charge in [-0.25, -0.2) is 0 Å². The number of halogens is 3. The quantitative estimate of drug-likeness (QED) is 0.916. The van der Waals surface area contributed by atoms with E-state index in [0.29, 0.717) is 30.2 Å². The van der Waals surface area contributed by atoms with E-state index in [1.54, 1.807) is 0 Å². The molecule has 0 amide bonds. The average Bonchev–Trinajstić information content (AvgIpc) is 3.05. The molecule has 4 atom stereocenters. The number of nitrogens with two attached hydrogens (primary N) is 1. The van der Waals surface area contributed by atoms with Gasteiger partial charge in [0.25, 0.3) is 0 Å². The third kappa shape index (κ3) is 2.61. The Hall–Kier alpha value is -1.19. The molecule has 1 aromatic heterocycles. The topological polar surface area (TPSA) is 83.4 Å². The molecule has 4 rings (SSSR count). The van der Waals surface area contributed by atoms with Crippen LogP contribution in [0, 0.1) is 11.8 Å². The maximum Gasteiger partial charge on any atom is 0.522 e. The van der Waals surface area contributed by atoms with Gasteiger partial charge < -0.3 is 14.9 Å². The zero-order valence-electron chi connectivity index (χ0n) is 11.6. The SMILES string of the molecule is N[C@H]1CO[C@H](c2nnc(C3CC(OC(F)(F)F)C3)o2)C2CC21.